The van der Waals surface area contributed by atoms with Crippen molar-refractivity contribution in [2.45, 2.75) is 20.0 Å². The molecule has 0 aliphatic rings. The van der Waals surface area contributed by atoms with E-state index in [1.54, 1.807) is 0 Å². The van der Waals surface area contributed by atoms with Crippen LogP contribution in [0.3, 0.4) is 0 Å². The van der Waals surface area contributed by atoms with E-state index < -0.39 is 29.6 Å². The lowest BCUT2D eigenvalue weighted by molar-refractivity contribution is -0.139. The number of hydrogen-bond donors (Lipinski definition) is 2. The summed E-state index contributed by atoms with van der Waals surface area (Å²) in [6.07, 6.45) is 0. The fourth-order valence-electron chi connectivity index (χ4n) is 1.39. The first-order valence-electron chi connectivity index (χ1n) is 5.76. The van der Waals surface area contributed by atoms with Gasteiger partial charge in [-0.05, 0) is 6.92 Å². The fourth-order valence-corrected chi connectivity index (χ4v) is 1.39. The van der Waals surface area contributed by atoms with Crippen LogP contribution in [-0.4, -0.2) is 38.4 Å². The van der Waals surface area contributed by atoms with Gasteiger partial charge in [0.05, 0.1) is 19.7 Å². The van der Waals surface area contributed by atoms with E-state index in [2.05, 4.69) is 6.58 Å². The van der Waals surface area contributed by atoms with Gasteiger partial charge in [-0.1, -0.05) is 6.58 Å². The molecule has 0 spiro atoms. The Hall–Kier alpha value is -2.42. The number of nitrogens with one attached hydrogen (secondary N) is 1. The van der Waals surface area contributed by atoms with E-state index >= 15 is 0 Å². The highest BCUT2D eigenvalue weighted by Crippen LogP contribution is 1.91. The molecule has 0 aliphatic carbocycles. The third-order valence-corrected chi connectivity index (χ3v) is 2.39. The summed E-state index contributed by atoms with van der Waals surface area (Å²) < 4.78 is 6.15. The van der Waals surface area contributed by atoms with E-state index in [4.69, 9.17) is 9.84 Å². The summed E-state index contributed by atoms with van der Waals surface area (Å²) in [4.78, 5) is 47.8. The van der Waals surface area contributed by atoms with E-state index in [0.717, 1.165) is 0 Å². The lowest BCUT2D eigenvalue weighted by Crippen LogP contribution is -2.50. The van der Waals surface area contributed by atoms with Crippen molar-refractivity contribution in [1.82, 2.24) is 14.1 Å². The smallest absolute Gasteiger partial charge is 0.336 e. The van der Waals surface area contributed by atoms with E-state index in [9.17, 15) is 19.2 Å². The standard InChI is InChI=1S/C11H15N3O6/c1-7(2)8(16)20-6-4-14-10(18)12-9(17)13(3-5-15)11(14)19/h15H,1,3-6H2,2H3,(H,12,17,18). The second kappa shape index (κ2) is 6.66. The maximum atomic E-state index is 11.8. The summed E-state index contributed by atoms with van der Waals surface area (Å²) in [5.74, 6) is -0.641. The molecular formula is C11H15N3O6. The number of carbonyl (C=O) groups excluding carboxylic acids is 1. The molecule has 0 unspecified atom stereocenters. The minimum Gasteiger partial charge on any atom is -0.460 e. The molecule has 0 radical (unpaired) electrons. The number of aromatic amines is 1. The maximum Gasteiger partial charge on any atom is 0.336 e. The van der Waals surface area contributed by atoms with Crippen molar-refractivity contribution < 1.29 is 14.6 Å². The molecule has 0 saturated carbocycles. The van der Waals surface area contributed by atoms with Crippen molar-refractivity contribution >= 4 is 5.97 Å². The van der Waals surface area contributed by atoms with Gasteiger partial charge in [0.25, 0.3) is 0 Å². The predicted octanol–water partition coefficient (Wildman–Crippen LogP) is -2.19. The first-order chi connectivity index (χ1) is 9.38. The Bertz CT molecular complexity index is 681. The van der Waals surface area contributed by atoms with E-state index in [-0.39, 0.29) is 25.3 Å². The Labute approximate surface area is 112 Å². The van der Waals surface area contributed by atoms with Crippen molar-refractivity contribution in [1.29, 1.82) is 0 Å². The molecular weight excluding hydrogens is 270 g/mol. The highest BCUT2D eigenvalue weighted by atomic mass is 16.5. The lowest BCUT2D eigenvalue weighted by atomic mass is 10.4. The monoisotopic (exact) mass is 285 g/mol. The minimum absolute atomic E-state index is 0.191. The summed E-state index contributed by atoms with van der Waals surface area (Å²) in [6.45, 7) is 3.76. The molecule has 110 valence electrons. The van der Waals surface area contributed by atoms with Gasteiger partial charge in [0, 0.05) is 5.57 Å². The average molecular weight is 285 g/mol. The highest BCUT2D eigenvalue weighted by molar-refractivity contribution is 5.86. The van der Waals surface area contributed by atoms with Crippen LogP contribution < -0.4 is 17.1 Å². The van der Waals surface area contributed by atoms with Crippen LogP contribution in [0.2, 0.25) is 0 Å². The summed E-state index contributed by atoms with van der Waals surface area (Å²) in [7, 11) is 0. The SMILES string of the molecule is C=C(C)C(=O)OCCn1c(=O)[nH]c(=O)n(CCO)c1=O. The molecule has 1 heterocycles. The number of nitrogens with zero attached hydrogens (tertiary/aromatic N) is 2. The molecule has 20 heavy (non-hydrogen) atoms. The first kappa shape index (κ1) is 15.6. The van der Waals surface area contributed by atoms with Gasteiger partial charge in [0.2, 0.25) is 0 Å². The van der Waals surface area contributed by atoms with Crippen LogP contribution in [0.4, 0.5) is 0 Å². The van der Waals surface area contributed by atoms with Gasteiger partial charge in [-0.25, -0.2) is 28.3 Å². The van der Waals surface area contributed by atoms with Gasteiger partial charge < -0.3 is 9.84 Å². The third-order valence-electron chi connectivity index (χ3n) is 2.39. The fraction of sp³-hybridized carbons (Fsp3) is 0.455. The van der Waals surface area contributed by atoms with Crippen LogP contribution in [0, 0.1) is 0 Å². The molecule has 1 aromatic rings. The van der Waals surface area contributed by atoms with Crippen molar-refractivity contribution in [3.8, 4) is 0 Å². The van der Waals surface area contributed by atoms with Gasteiger partial charge in [-0.3, -0.25) is 4.98 Å². The Kier molecular flexibility index (Phi) is 5.21. The topological polar surface area (TPSA) is 123 Å². The molecule has 0 bridgehead atoms. The second-order valence-corrected chi connectivity index (χ2v) is 3.96. The maximum absolute atomic E-state index is 11.8. The number of aromatic nitrogens is 3. The zero-order valence-electron chi connectivity index (χ0n) is 10.9. The lowest BCUT2D eigenvalue weighted by Gasteiger charge is -2.08. The van der Waals surface area contributed by atoms with Crippen LogP contribution in [0.25, 0.3) is 0 Å². The van der Waals surface area contributed by atoms with Crippen LogP contribution in [0.15, 0.2) is 26.5 Å². The zero-order valence-corrected chi connectivity index (χ0v) is 10.9. The minimum atomic E-state index is -0.902. The first-order valence-corrected chi connectivity index (χ1v) is 5.76. The van der Waals surface area contributed by atoms with E-state index in [1.165, 1.54) is 6.92 Å². The van der Waals surface area contributed by atoms with E-state index in [1.807, 2.05) is 4.98 Å². The molecule has 0 fully saturated rings. The quantitative estimate of drug-likeness (QED) is 0.452. The number of esters is 1. The highest BCUT2D eigenvalue weighted by Gasteiger charge is 2.10. The molecule has 9 nitrogen and oxygen atoms in total. The number of hydrogen-bond acceptors (Lipinski definition) is 6. The molecule has 2 N–H and O–H groups in total. The normalized spacial score (nSPS) is 10.3. The van der Waals surface area contributed by atoms with Gasteiger partial charge >= 0.3 is 23.0 Å². The number of carbonyl (C=O) groups is 1. The number of H-pyrrole nitrogens is 1. The van der Waals surface area contributed by atoms with Gasteiger partial charge in [-0.2, -0.15) is 0 Å². The largest absolute Gasteiger partial charge is 0.460 e. The molecule has 0 aliphatic heterocycles. The van der Waals surface area contributed by atoms with Crippen molar-refractivity contribution in [2.24, 2.45) is 0 Å². The molecule has 1 rings (SSSR count). The van der Waals surface area contributed by atoms with E-state index in [0.29, 0.717) is 9.13 Å². The molecule has 0 saturated heterocycles. The number of aliphatic hydroxyl groups excluding tert-OH is 1. The van der Waals surface area contributed by atoms with Crippen LogP contribution in [-0.2, 0) is 22.6 Å². The zero-order chi connectivity index (χ0) is 15.3. The van der Waals surface area contributed by atoms with Crippen LogP contribution in [0.5, 0.6) is 0 Å². The molecule has 0 amide bonds. The Morgan fingerprint density at radius 3 is 2.30 bits per heavy atom. The Morgan fingerprint density at radius 1 is 1.25 bits per heavy atom. The molecule has 0 atom stereocenters. The van der Waals surface area contributed by atoms with Crippen molar-refractivity contribution in [3.63, 3.8) is 0 Å². The van der Waals surface area contributed by atoms with Crippen LogP contribution >= 0.6 is 0 Å². The number of aliphatic hydroxyl groups is 1. The number of ether oxygens (including phenoxy) is 1. The van der Waals surface area contributed by atoms with Gasteiger partial charge in [0.15, 0.2) is 0 Å². The van der Waals surface area contributed by atoms with Gasteiger partial charge in [-0.15, -0.1) is 0 Å². The Morgan fingerprint density at radius 2 is 1.80 bits per heavy atom. The van der Waals surface area contributed by atoms with Gasteiger partial charge in [0.1, 0.15) is 6.61 Å². The molecule has 1 aromatic heterocycles. The van der Waals surface area contributed by atoms with Crippen molar-refractivity contribution in [2.75, 3.05) is 13.2 Å². The predicted molar refractivity (Wildman–Crippen MR) is 68.4 cm³/mol. The Balaban J connectivity index is 2.96. The molecule has 0 aromatic carbocycles. The average Bonchev–Trinajstić information content (AvgIpc) is 2.37. The second-order valence-electron chi connectivity index (χ2n) is 3.96. The summed E-state index contributed by atoms with van der Waals surface area (Å²) in [6, 6.07) is 0. The summed E-state index contributed by atoms with van der Waals surface area (Å²) in [5.41, 5.74) is -2.49. The summed E-state index contributed by atoms with van der Waals surface area (Å²) in [5, 5.41) is 8.76. The van der Waals surface area contributed by atoms with Crippen molar-refractivity contribution in [3.05, 3.63) is 43.6 Å². The van der Waals surface area contributed by atoms with Crippen LogP contribution in [0.1, 0.15) is 6.92 Å². The third kappa shape index (κ3) is 3.54. The summed E-state index contributed by atoms with van der Waals surface area (Å²) >= 11 is 0. The number of rotatable bonds is 6. The molecule has 9 heteroatoms.